The lowest BCUT2D eigenvalue weighted by atomic mass is 10.1. The first kappa shape index (κ1) is 14.0. The van der Waals surface area contributed by atoms with E-state index in [1.807, 2.05) is 18.7 Å². The molecule has 1 rings (SSSR count). The number of rotatable bonds is 4. The molecule has 1 N–H and O–H groups in total. The summed E-state index contributed by atoms with van der Waals surface area (Å²) in [5, 5.41) is 3.18. The van der Waals surface area contributed by atoms with Gasteiger partial charge < -0.3 is 15.1 Å². The first-order valence-electron chi connectivity index (χ1n) is 6.31. The van der Waals surface area contributed by atoms with Crippen molar-refractivity contribution in [2.24, 2.45) is 5.92 Å². The molecular formula is C12H23N3O2. The van der Waals surface area contributed by atoms with Gasteiger partial charge in [0.2, 0.25) is 11.8 Å². The fourth-order valence-corrected chi connectivity index (χ4v) is 2.00. The summed E-state index contributed by atoms with van der Waals surface area (Å²) in [6.07, 6.45) is 0. The van der Waals surface area contributed by atoms with Gasteiger partial charge in [0, 0.05) is 45.6 Å². The summed E-state index contributed by atoms with van der Waals surface area (Å²) < 4.78 is 0. The van der Waals surface area contributed by atoms with Gasteiger partial charge in [0.05, 0.1) is 0 Å². The first-order chi connectivity index (χ1) is 8.06. The lowest BCUT2D eigenvalue weighted by Crippen LogP contribution is -2.52. The molecule has 1 aliphatic rings. The zero-order valence-electron chi connectivity index (χ0n) is 11.0. The summed E-state index contributed by atoms with van der Waals surface area (Å²) >= 11 is 0. The summed E-state index contributed by atoms with van der Waals surface area (Å²) in [6, 6.07) is 0. The number of amides is 2. The molecule has 0 aromatic rings. The van der Waals surface area contributed by atoms with Gasteiger partial charge >= 0.3 is 0 Å². The maximum atomic E-state index is 12.1. The van der Waals surface area contributed by atoms with Crippen molar-refractivity contribution in [2.75, 3.05) is 39.3 Å². The third kappa shape index (κ3) is 4.00. The van der Waals surface area contributed by atoms with Crippen LogP contribution in [0.15, 0.2) is 0 Å². The monoisotopic (exact) mass is 241 g/mol. The van der Waals surface area contributed by atoms with Gasteiger partial charge in [-0.3, -0.25) is 9.59 Å². The van der Waals surface area contributed by atoms with Crippen molar-refractivity contribution < 1.29 is 9.59 Å². The third-order valence-electron chi connectivity index (χ3n) is 3.16. The lowest BCUT2D eigenvalue weighted by molar-refractivity contribution is -0.140. The van der Waals surface area contributed by atoms with Crippen LogP contribution in [0.2, 0.25) is 0 Å². The lowest BCUT2D eigenvalue weighted by Gasteiger charge is -2.35. The first-order valence-corrected chi connectivity index (χ1v) is 6.31. The average molecular weight is 241 g/mol. The zero-order chi connectivity index (χ0) is 12.8. The topological polar surface area (TPSA) is 52.7 Å². The molecule has 0 aromatic heterocycles. The highest BCUT2D eigenvalue weighted by molar-refractivity contribution is 5.79. The van der Waals surface area contributed by atoms with E-state index in [9.17, 15) is 9.59 Å². The SMILES string of the molecule is CCNCC(C)C(=O)N1CCN(C(C)=O)CC1. The number of carbonyl (C=O) groups is 2. The van der Waals surface area contributed by atoms with Gasteiger partial charge in [-0.2, -0.15) is 0 Å². The zero-order valence-corrected chi connectivity index (χ0v) is 11.0. The predicted octanol–water partition coefficient (Wildman–Crippen LogP) is -0.0773. The number of nitrogens with zero attached hydrogens (tertiary/aromatic N) is 2. The quantitative estimate of drug-likeness (QED) is 0.749. The van der Waals surface area contributed by atoms with E-state index in [1.165, 1.54) is 0 Å². The highest BCUT2D eigenvalue weighted by Gasteiger charge is 2.25. The van der Waals surface area contributed by atoms with Crippen LogP contribution in [-0.4, -0.2) is 60.9 Å². The Morgan fingerprint density at radius 2 is 1.71 bits per heavy atom. The molecule has 1 unspecified atom stereocenters. The molecule has 2 amide bonds. The van der Waals surface area contributed by atoms with Gasteiger partial charge in [0.1, 0.15) is 0 Å². The molecule has 98 valence electrons. The summed E-state index contributed by atoms with van der Waals surface area (Å²) in [6.45, 7) is 9.81. The fourth-order valence-electron chi connectivity index (χ4n) is 2.00. The number of hydrogen-bond acceptors (Lipinski definition) is 3. The van der Waals surface area contributed by atoms with E-state index in [1.54, 1.807) is 11.8 Å². The smallest absolute Gasteiger partial charge is 0.226 e. The van der Waals surface area contributed by atoms with E-state index < -0.39 is 0 Å². The molecule has 1 fully saturated rings. The molecule has 1 heterocycles. The minimum atomic E-state index is 0.0128. The number of piperazine rings is 1. The van der Waals surface area contributed by atoms with Crippen molar-refractivity contribution in [1.82, 2.24) is 15.1 Å². The molecule has 17 heavy (non-hydrogen) atoms. The molecule has 5 nitrogen and oxygen atoms in total. The number of carbonyl (C=O) groups excluding carboxylic acids is 2. The summed E-state index contributed by atoms with van der Waals surface area (Å²) in [5.74, 6) is 0.297. The maximum absolute atomic E-state index is 12.1. The van der Waals surface area contributed by atoms with Crippen molar-refractivity contribution >= 4 is 11.8 Å². The van der Waals surface area contributed by atoms with Crippen LogP contribution < -0.4 is 5.32 Å². The van der Waals surface area contributed by atoms with Crippen LogP contribution >= 0.6 is 0 Å². The van der Waals surface area contributed by atoms with Crippen LogP contribution in [-0.2, 0) is 9.59 Å². The van der Waals surface area contributed by atoms with Gasteiger partial charge in [-0.1, -0.05) is 13.8 Å². The Kier molecular flexibility index (Phi) is 5.41. The second kappa shape index (κ2) is 6.59. The molecule has 0 radical (unpaired) electrons. The van der Waals surface area contributed by atoms with Crippen molar-refractivity contribution in [3.05, 3.63) is 0 Å². The molecule has 5 heteroatoms. The summed E-state index contributed by atoms with van der Waals surface area (Å²) in [4.78, 5) is 26.9. The molecule has 0 spiro atoms. The second-order valence-corrected chi connectivity index (χ2v) is 4.54. The summed E-state index contributed by atoms with van der Waals surface area (Å²) in [7, 11) is 0. The Morgan fingerprint density at radius 3 is 2.18 bits per heavy atom. The number of nitrogens with one attached hydrogen (secondary N) is 1. The Balaban J connectivity index is 2.37. The van der Waals surface area contributed by atoms with Gasteiger partial charge in [-0.25, -0.2) is 0 Å². The van der Waals surface area contributed by atoms with Gasteiger partial charge in [-0.05, 0) is 6.54 Å². The third-order valence-corrected chi connectivity index (χ3v) is 3.16. The van der Waals surface area contributed by atoms with Crippen LogP contribution in [0.4, 0.5) is 0 Å². The second-order valence-electron chi connectivity index (χ2n) is 4.54. The minimum Gasteiger partial charge on any atom is -0.339 e. The Hall–Kier alpha value is -1.10. The van der Waals surface area contributed by atoms with Crippen molar-refractivity contribution in [1.29, 1.82) is 0 Å². The highest BCUT2D eigenvalue weighted by Crippen LogP contribution is 2.07. The summed E-state index contributed by atoms with van der Waals surface area (Å²) in [5.41, 5.74) is 0. The maximum Gasteiger partial charge on any atom is 0.226 e. The van der Waals surface area contributed by atoms with Gasteiger partial charge in [-0.15, -0.1) is 0 Å². The predicted molar refractivity (Wildman–Crippen MR) is 66.5 cm³/mol. The Morgan fingerprint density at radius 1 is 1.18 bits per heavy atom. The van der Waals surface area contributed by atoms with E-state index in [-0.39, 0.29) is 17.7 Å². The van der Waals surface area contributed by atoms with Crippen LogP contribution in [0.25, 0.3) is 0 Å². The minimum absolute atomic E-state index is 0.0128. The van der Waals surface area contributed by atoms with Crippen molar-refractivity contribution in [3.8, 4) is 0 Å². The normalized spacial score (nSPS) is 18.1. The largest absolute Gasteiger partial charge is 0.339 e. The van der Waals surface area contributed by atoms with Crippen LogP contribution in [0, 0.1) is 5.92 Å². The average Bonchev–Trinajstić information content (AvgIpc) is 2.35. The van der Waals surface area contributed by atoms with E-state index in [0.717, 1.165) is 13.1 Å². The van der Waals surface area contributed by atoms with Crippen LogP contribution in [0.5, 0.6) is 0 Å². The number of hydrogen-bond donors (Lipinski definition) is 1. The van der Waals surface area contributed by atoms with Crippen molar-refractivity contribution in [2.45, 2.75) is 20.8 Å². The molecule has 0 aliphatic carbocycles. The molecule has 1 saturated heterocycles. The molecular weight excluding hydrogens is 218 g/mol. The Bertz CT molecular complexity index is 273. The van der Waals surface area contributed by atoms with Crippen LogP contribution in [0.3, 0.4) is 0 Å². The fraction of sp³-hybridized carbons (Fsp3) is 0.833. The van der Waals surface area contributed by atoms with Gasteiger partial charge in [0.15, 0.2) is 0 Å². The molecule has 0 bridgehead atoms. The standard InChI is InChI=1S/C12H23N3O2/c1-4-13-9-10(2)12(17)15-7-5-14(6-8-15)11(3)16/h10,13H,4-9H2,1-3H3. The highest BCUT2D eigenvalue weighted by atomic mass is 16.2. The molecule has 0 aromatic carbocycles. The molecule has 1 atom stereocenters. The van der Waals surface area contributed by atoms with Crippen molar-refractivity contribution in [3.63, 3.8) is 0 Å². The Labute approximate surface area is 103 Å². The van der Waals surface area contributed by atoms with Gasteiger partial charge in [0.25, 0.3) is 0 Å². The van der Waals surface area contributed by atoms with Crippen LogP contribution in [0.1, 0.15) is 20.8 Å². The van der Waals surface area contributed by atoms with E-state index in [2.05, 4.69) is 5.32 Å². The molecule has 1 aliphatic heterocycles. The molecule has 0 saturated carbocycles. The van der Waals surface area contributed by atoms with E-state index in [4.69, 9.17) is 0 Å². The van der Waals surface area contributed by atoms with E-state index in [0.29, 0.717) is 26.2 Å². The van der Waals surface area contributed by atoms with E-state index >= 15 is 0 Å².